The van der Waals surface area contributed by atoms with Crippen LogP contribution in [0.4, 0.5) is 16.2 Å². The van der Waals surface area contributed by atoms with E-state index in [9.17, 15) is 19.5 Å². The Hall–Kier alpha value is -5.08. The highest BCUT2D eigenvalue weighted by atomic mass is 35.5. The van der Waals surface area contributed by atoms with Crippen LogP contribution in [0.5, 0.6) is 0 Å². The van der Waals surface area contributed by atoms with Crippen LogP contribution in [0.2, 0.25) is 5.02 Å². The van der Waals surface area contributed by atoms with Crippen molar-refractivity contribution in [1.82, 2.24) is 35.5 Å². The highest BCUT2D eigenvalue weighted by molar-refractivity contribution is 6.30. The normalized spacial score (nSPS) is 17.0. The van der Waals surface area contributed by atoms with E-state index in [1.807, 2.05) is 0 Å². The molecule has 14 nitrogen and oxygen atoms in total. The molecule has 2 atom stereocenters. The second-order valence-electron chi connectivity index (χ2n) is 9.39. The summed E-state index contributed by atoms with van der Waals surface area (Å²) in [6, 6.07) is 9.42. The molecule has 0 radical (unpaired) electrons. The van der Waals surface area contributed by atoms with Gasteiger partial charge in [-0.3, -0.25) is 14.9 Å². The van der Waals surface area contributed by atoms with Crippen molar-refractivity contribution in [3.05, 3.63) is 71.4 Å². The van der Waals surface area contributed by atoms with E-state index in [1.54, 1.807) is 48.7 Å². The number of methoxy groups -OCH3 is 1. The van der Waals surface area contributed by atoms with Crippen LogP contribution in [-0.2, 0) is 14.3 Å². The number of nitrogens with one attached hydrogen (secondary N) is 4. The van der Waals surface area contributed by atoms with E-state index in [2.05, 4.69) is 46.2 Å². The van der Waals surface area contributed by atoms with E-state index in [0.29, 0.717) is 51.2 Å². The minimum Gasteiger partial charge on any atom is -0.453 e. The fraction of sp³-hybridized carbons (Fsp3) is 0.222. The van der Waals surface area contributed by atoms with Gasteiger partial charge in [0.25, 0.3) is 0 Å². The highest BCUT2D eigenvalue weighted by Gasteiger charge is 2.23. The third kappa shape index (κ3) is 6.79. The van der Waals surface area contributed by atoms with Crippen molar-refractivity contribution in [1.29, 1.82) is 0 Å². The maximum absolute atomic E-state index is 13.1. The number of rotatable bonds is 5. The van der Waals surface area contributed by atoms with Crippen molar-refractivity contribution < 1.29 is 24.2 Å². The SMILES string of the molecule is COC(=O)Nc1ccc2c(c1)NC(=O)CC(O)CC[C@H](NC(=O)C=Cc1cc(Cl)ccc1-n1cnnn1)c1ncc-2[nH]1. The number of carbonyl (C=O) groups excluding carboxylic acids is 3. The number of imidazole rings is 1. The van der Waals surface area contributed by atoms with E-state index >= 15 is 0 Å². The van der Waals surface area contributed by atoms with Crippen molar-refractivity contribution in [2.45, 2.75) is 31.4 Å². The molecule has 4 aromatic rings. The van der Waals surface area contributed by atoms with Crippen molar-refractivity contribution in [3.8, 4) is 16.9 Å². The van der Waals surface area contributed by atoms with Gasteiger partial charge in [-0.1, -0.05) is 11.6 Å². The molecule has 5 N–H and O–H groups in total. The van der Waals surface area contributed by atoms with Crippen molar-refractivity contribution in [2.75, 3.05) is 17.7 Å². The second-order valence-corrected chi connectivity index (χ2v) is 9.83. The number of benzene rings is 2. The number of hydrogen-bond donors (Lipinski definition) is 5. The first-order valence-electron chi connectivity index (χ1n) is 12.8. The number of ether oxygens (including phenoxy) is 1. The molecule has 0 aliphatic carbocycles. The van der Waals surface area contributed by atoms with Gasteiger partial charge in [0.2, 0.25) is 11.8 Å². The summed E-state index contributed by atoms with van der Waals surface area (Å²) in [4.78, 5) is 45.2. The zero-order chi connectivity index (χ0) is 29.6. The number of nitrogens with zero attached hydrogens (tertiary/aromatic N) is 5. The standard InChI is InChI=1S/C27H26ClN9O5/c1-42-27(41)31-17-4-6-19-21(11-17)33-25(40)12-18(38)5-7-20(26-29-13-22(19)34-26)32-24(39)9-2-15-10-16(28)3-8-23(15)37-14-30-35-36-37/h2-4,6,8-11,13-14,18,20,38H,5,7,12H2,1H3,(H,29,34)(H,31,41)(H,32,39)(H,33,40)/t18?,20-/m0/s1. The monoisotopic (exact) mass is 591 g/mol. The highest BCUT2D eigenvalue weighted by Crippen LogP contribution is 2.32. The summed E-state index contributed by atoms with van der Waals surface area (Å²) in [5, 5.41) is 30.5. The van der Waals surface area contributed by atoms with Gasteiger partial charge >= 0.3 is 6.09 Å². The first-order chi connectivity index (χ1) is 20.3. The second kappa shape index (κ2) is 12.6. The minimum atomic E-state index is -0.973. The number of aliphatic hydroxyl groups is 1. The van der Waals surface area contributed by atoms with Crippen molar-refractivity contribution in [3.63, 3.8) is 0 Å². The number of aromatic nitrogens is 6. The van der Waals surface area contributed by atoms with Crippen LogP contribution in [0.1, 0.15) is 36.7 Å². The lowest BCUT2D eigenvalue weighted by atomic mass is 10.0. The molecule has 1 unspecified atom stereocenters. The Labute approximate surface area is 244 Å². The summed E-state index contributed by atoms with van der Waals surface area (Å²) >= 11 is 6.18. The van der Waals surface area contributed by atoms with E-state index in [4.69, 9.17) is 11.6 Å². The van der Waals surface area contributed by atoms with E-state index in [-0.39, 0.29) is 12.8 Å². The number of H-pyrrole nitrogens is 1. The number of carbonyl (C=O) groups is 3. The van der Waals surface area contributed by atoms with Crippen LogP contribution in [0, 0.1) is 0 Å². The minimum absolute atomic E-state index is 0.164. The molecule has 0 saturated heterocycles. The van der Waals surface area contributed by atoms with Gasteiger partial charge in [-0.25, -0.2) is 9.78 Å². The van der Waals surface area contributed by atoms with Crippen LogP contribution >= 0.6 is 11.6 Å². The summed E-state index contributed by atoms with van der Waals surface area (Å²) in [7, 11) is 1.24. The average Bonchev–Trinajstić information content (AvgIpc) is 3.67. The van der Waals surface area contributed by atoms with Crippen molar-refractivity contribution >= 4 is 47.0 Å². The molecular formula is C27H26ClN9O5. The van der Waals surface area contributed by atoms with E-state index in [0.717, 1.165) is 0 Å². The van der Waals surface area contributed by atoms with Gasteiger partial charge < -0.3 is 25.5 Å². The molecular weight excluding hydrogens is 566 g/mol. The lowest BCUT2D eigenvalue weighted by molar-refractivity contribution is -0.119. The number of tetrazole rings is 1. The molecule has 2 bridgehead atoms. The number of halogens is 1. The van der Waals surface area contributed by atoms with Gasteiger partial charge in [-0.15, -0.1) is 5.10 Å². The third-order valence-corrected chi connectivity index (χ3v) is 6.70. The molecule has 0 fully saturated rings. The first-order valence-corrected chi connectivity index (χ1v) is 13.2. The van der Waals surface area contributed by atoms with Gasteiger partial charge in [0.1, 0.15) is 12.2 Å². The summed E-state index contributed by atoms with van der Waals surface area (Å²) in [5.74, 6) is -0.368. The number of fused-ring (bicyclic) bond motifs is 4. The van der Waals surface area contributed by atoms with Gasteiger partial charge in [0.15, 0.2) is 0 Å². The summed E-state index contributed by atoms with van der Waals surface area (Å²) in [5.41, 5.74) is 3.19. The van der Waals surface area contributed by atoms with Gasteiger partial charge in [0, 0.05) is 27.9 Å². The molecule has 5 rings (SSSR count). The van der Waals surface area contributed by atoms with E-state index < -0.39 is 30.1 Å². The molecule has 42 heavy (non-hydrogen) atoms. The van der Waals surface area contributed by atoms with Crippen molar-refractivity contribution in [2.24, 2.45) is 0 Å². The van der Waals surface area contributed by atoms with Crippen LogP contribution in [0.15, 0.2) is 55.0 Å². The average molecular weight is 592 g/mol. The Balaban J connectivity index is 1.41. The molecule has 3 heterocycles. The first kappa shape index (κ1) is 28.4. The Bertz CT molecular complexity index is 1640. The summed E-state index contributed by atoms with van der Waals surface area (Å²) in [6.07, 6.45) is 4.69. The Kier molecular flexibility index (Phi) is 8.55. The number of anilines is 2. The van der Waals surface area contributed by atoms with E-state index in [1.165, 1.54) is 24.2 Å². The molecule has 3 amide bonds. The third-order valence-electron chi connectivity index (χ3n) is 6.47. The number of amides is 3. The number of aromatic amines is 1. The number of aliphatic hydroxyl groups excluding tert-OH is 1. The molecule has 0 saturated carbocycles. The van der Waals surface area contributed by atoms with Gasteiger partial charge in [-0.2, -0.15) is 4.68 Å². The van der Waals surface area contributed by atoms with Crippen LogP contribution in [-0.4, -0.2) is 66.4 Å². The fourth-order valence-electron chi connectivity index (χ4n) is 4.46. The predicted octanol–water partition coefficient (Wildman–Crippen LogP) is 3.24. The zero-order valence-electron chi connectivity index (χ0n) is 22.2. The smallest absolute Gasteiger partial charge is 0.411 e. The Morgan fingerprint density at radius 2 is 2.07 bits per heavy atom. The molecule has 15 heteroatoms. The quantitative estimate of drug-likeness (QED) is 0.217. The largest absolute Gasteiger partial charge is 0.453 e. The summed E-state index contributed by atoms with van der Waals surface area (Å²) < 4.78 is 6.09. The topological polar surface area (TPSA) is 189 Å². The van der Waals surface area contributed by atoms with Crippen LogP contribution < -0.4 is 16.0 Å². The predicted molar refractivity (Wildman–Crippen MR) is 153 cm³/mol. The lowest BCUT2D eigenvalue weighted by Crippen LogP contribution is -2.29. The maximum Gasteiger partial charge on any atom is 0.411 e. The molecule has 2 aromatic carbocycles. The van der Waals surface area contributed by atoms with Gasteiger partial charge in [0.05, 0.1) is 48.9 Å². The Morgan fingerprint density at radius 3 is 2.86 bits per heavy atom. The molecule has 0 spiro atoms. The zero-order valence-corrected chi connectivity index (χ0v) is 23.0. The van der Waals surface area contributed by atoms with Crippen LogP contribution in [0.3, 0.4) is 0 Å². The molecule has 1 aliphatic heterocycles. The molecule has 1 aliphatic rings. The summed E-state index contributed by atoms with van der Waals surface area (Å²) in [6.45, 7) is 0. The van der Waals surface area contributed by atoms with Crippen LogP contribution in [0.25, 0.3) is 23.0 Å². The van der Waals surface area contributed by atoms with Gasteiger partial charge in [-0.05, 0) is 65.7 Å². The Morgan fingerprint density at radius 1 is 1.21 bits per heavy atom. The lowest BCUT2D eigenvalue weighted by Gasteiger charge is -2.19. The molecule has 216 valence electrons. The maximum atomic E-state index is 13.1. The number of hydrogen-bond acceptors (Lipinski definition) is 9. The fourth-order valence-corrected chi connectivity index (χ4v) is 4.64. The molecule has 2 aromatic heterocycles.